The van der Waals surface area contributed by atoms with Crippen molar-refractivity contribution in [2.24, 2.45) is 0 Å². The number of anilines is 1. The first-order chi connectivity index (χ1) is 10.7. The lowest BCUT2D eigenvalue weighted by Crippen LogP contribution is -2.16. The maximum Gasteiger partial charge on any atom is 0.158 e. The number of thiophene rings is 1. The number of benzene rings is 1. The van der Waals surface area contributed by atoms with Crippen molar-refractivity contribution in [2.45, 2.75) is 18.8 Å². The molecule has 1 N–H and O–H groups in total. The number of nitrogens with zero attached hydrogens (tertiary/aromatic N) is 1. The molecule has 0 fully saturated rings. The Morgan fingerprint density at radius 3 is 2.73 bits per heavy atom. The van der Waals surface area contributed by atoms with Gasteiger partial charge >= 0.3 is 0 Å². The van der Waals surface area contributed by atoms with Crippen LogP contribution in [-0.4, -0.2) is 5.78 Å². The zero-order chi connectivity index (χ0) is 15.5. The largest absolute Gasteiger partial charge is 0.357 e. The number of carbonyl (C=O) groups is 1. The summed E-state index contributed by atoms with van der Waals surface area (Å²) >= 11 is 4.83. The summed E-state index contributed by atoms with van der Waals surface area (Å²) in [5.74, 6) is 0.299. The van der Waals surface area contributed by atoms with Gasteiger partial charge < -0.3 is 5.32 Å². The van der Waals surface area contributed by atoms with Gasteiger partial charge in [0.15, 0.2) is 5.78 Å². The van der Waals surface area contributed by atoms with Crippen LogP contribution in [-0.2, 0) is 4.79 Å². The van der Waals surface area contributed by atoms with Gasteiger partial charge in [0.25, 0.3) is 0 Å². The number of carbonyl (C=O) groups excluding carboxylic acids is 1. The van der Waals surface area contributed by atoms with E-state index in [1.165, 1.54) is 11.3 Å². The summed E-state index contributed by atoms with van der Waals surface area (Å²) < 4.78 is 1.03. The van der Waals surface area contributed by atoms with E-state index in [2.05, 4.69) is 39.4 Å². The minimum Gasteiger partial charge on any atom is -0.357 e. The maximum absolute atomic E-state index is 12.0. The summed E-state index contributed by atoms with van der Waals surface area (Å²) in [4.78, 5) is 12.7. The third-order valence-electron chi connectivity index (χ3n) is 3.65. The van der Waals surface area contributed by atoms with Crippen LogP contribution in [0.25, 0.3) is 0 Å². The lowest BCUT2D eigenvalue weighted by molar-refractivity contribution is -0.115. The van der Waals surface area contributed by atoms with Crippen LogP contribution in [0.1, 0.15) is 29.2 Å². The van der Waals surface area contributed by atoms with E-state index in [1.807, 2.05) is 23.6 Å². The average Bonchev–Trinajstić information content (AvgIpc) is 2.94. The highest BCUT2D eigenvalue weighted by Gasteiger charge is 2.22. The van der Waals surface area contributed by atoms with Gasteiger partial charge in [-0.25, -0.2) is 0 Å². The molecule has 1 atom stereocenters. The number of hydrogen-bond acceptors (Lipinski definition) is 4. The van der Waals surface area contributed by atoms with Gasteiger partial charge in [-0.3, -0.25) is 4.79 Å². The zero-order valence-electron chi connectivity index (χ0n) is 11.7. The number of nitriles is 1. The average molecular weight is 373 g/mol. The van der Waals surface area contributed by atoms with Gasteiger partial charge in [-0.2, -0.15) is 5.26 Å². The second-order valence-electron chi connectivity index (χ2n) is 5.19. The molecule has 0 aliphatic heterocycles. The van der Waals surface area contributed by atoms with E-state index in [1.54, 1.807) is 6.08 Å². The molecule has 0 bridgehead atoms. The fourth-order valence-corrected chi connectivity index (χ4v) is 3.52. The van der Waals surface area contributed by atoms with Crippen LogP contribution in [0, 0.1) is 11.3 Å². The molecule has 1 aromatic heterocycles. The Hall–Kier alpha value is -1.90. The summed E-state index contributed by atoms with van der Waals surface area (Å²) in [6.07, 6.45) is 2.96. The van der Waals surface area contributed by atoms with Gasteiger partial charge in [0.2, 0.25) is 0 Å². The summed E-state index contributed by atoms with van der Waals surface area (Å²) in [5.41, 5.74) is 2.82. The van der Waals surface area contributed by atoms with Crippen LogP contribution in [0.4, 0.5) is 5.69 Å². The van der Waals surface area contributed by atoms with Gasteiger partial charge in [0, 0.05) is 22.7 Å². The smallest absolute Gasteiger partial charge is 0.158 e. The molecule has 2 aromatic rings. The van der Waals surface area contributed by atoms with Crippen LogP contribution in [0.5, 0.6) is 0 Å². The highest BCUT2D eigenvalue weighted by Crippen LogP contribution is 2.33. The van der Waals surface area contributed by atoms with Crippen molar-refractivity contribution in [3.8, 4) is 6.07 Å². The number of halogens is 1. The molecule has 5 heteroatoms. The van der Waals surface area contributed by atoms with Crippen LogP contribution < -0.4 is 5.32 Å². The Balaban J connectivity index is 1.80. The fraction of sp³-hybridized carbons (Fsp3) is 0.176. The van der Waals surface area contributed by atoms with E-state index < -0.39 is 0 Å². The summed E-state index contributed by atoms with van der Waals surface area (Å²) in [5, 5.41) is 14.2. The number of ketones is 1. The number of nitrogens with one attached hydrogen (secondary N) is 1. The molecule has 1 aliphatic rings. The number of allylic oxidation sites excluding steroid dienone is 2. The van der Waals surface area contributed by atoms with Crippen LogP contribution in [0.2, 0.25) is 0 Å². The van der Waals surface area contributed by atoms with Crippen molar-refractivity contribution in [1.29, 1.82) is 5.26 Å². The van der Waals surface area contributed by atoms with E-state index in [9.17, 15) is 4.79 Å². The Morgan fingerprint density at radius 2 is 2.00 bits per heavy atom. The molecule has 1 unspecified atom stereocenters. The fourth-order valence-electron chi connectivity index (χ4n) is 2.62. The molecule has 1 aromatic carbocycles. The van der Waals surface area contributed by atoms with Crippen molar-refractivity contribution < 1.29 is 4.79 Å². The van der Waals surface area contributed by atoms with Crippen LogP contribution in [0.3, 0.4) is 0 Å². The third kappa shape index (κ3) is 3.29. The third-order valence-corrected chi connectivity index (χ3v) is 5.00. The summed E-state index contributed by atoms with van der Waals surface area (Å²) in [7, 11) is 0. The molecule has 3 nitrogen and oxygen atoms in total. The van der Waals surface area contributed by atoms with Gasteiger partial charge in [-0.05, 0) is 41.5 Å². The van der Waals surface area contributed by atoms with E-state index in [0.717, 1.165) is 27.8 Å². The van der Waals surface area contributed by atoms with Crippen molar-refractivity contribution in [2.75, 3.05) is 5.32 Å². The first-order valence-electron chi connectivity index (χ1n) is 6.89. The first-order valence-corrected chi connectivity index (χ1v) is 8.56. The normalized spacial score (nSPS) is 17.7. The molecule has 1 aliphatic carbocycles. The topological polar surface area (TPSA) is 52.9 Å². The van der Waals surface area contributed by atoms with Gasteiger partial charge in [0.1, 0.15) is 10.9 Å². The van der Waals surface area contributed by atoms with E-state index in [-0.39, 0.29) is 11.7 Å². The minimum atomic E-state index is 0.121. The van der Waals surface area contributed by atoms with Crippen molar-refractivity contribution >= 4 is 38.7 Å². The van der Waals surface area contributed by atoms with Crippen LogP contribution >= 0.6 is 27.3 Å². The quantitative estimate of drug-likeness (QED) is 0.839. The Labute approximate surface area is 141 Å². The molecule has 0 amide bonds. The summed E-state index contributed by atoms with van der Waals surface area (Å²) in [6.45, 7) is 0. The van der Waals surface area contributed by atoms with Crippen molar-refractivity contribution in [3.63, 3.8) is 0 Å². The predicted molar refractivity (Wildman–Crippen MR) is 91.9 cm³/mol. The predicted octanol–water partition coefficient (Wildman–Crippen LogP) is 4.82. The Bertz CT molecular complexity index is 771. The zero-order valence-corrected chi connectivity index (χ0v) is 14.1. The molecular formula is C17H13BrN2OS. The molecule has 110 valence electrons. The maximum atomic E-state index is 12.0. The van der Waals surface area contributed by atoms with E-state index in [0.29, 0.717) is 11.3 Å². The van der Waals surface area contributed by atoms with Gasteiger partial charge in [0.05, 0.1) is 5.69 Å². The SMILES string of the molecule is N#Cc1sccc1NC1=CC(=O)CC(c2ccc(Br)cc2)C1. The lowest BCUT2D eigenvalue weighted by Gasteiger charge is -2.23. The highest BCUT2D eigenvalue weighted by atomic mass is 79.9. The molecule has 0 saturated heterocycles. The Morgan fingerprint density at radius 1 is 1.23 bits per heavy atom. The van der Waals surface area contributed by atoms with E-state index in [4.69, 9.17) is 5.26 Å². The molecule has 0 spiro atoms. The second-order valence-corrected chi connectivity index (χ2v) is 7.02. The van der Waals surface area contributed by atoms with Crippen molar-refractivity contribution in [3.05, 3.63) is 62.4 Å². The molecule has 3 rings (SSSR count). The molecule has 0 saturated carbocycles. The van der Waals surface area contributed by atoms with Gasteiger partial charge in [-0.1, -0.05) is 28.1 Å². The van der Waals surface area contributed by atoms with E-state index >= 15 is 0 Å². The molecular weight excluding hydrogens is 360 g/mol. The van der Waals surface area contributed by atoms with Gasteiger partial charge in [-0.15, -0.1) is 11.3 Å². The standard InChI is InChI=1S/C17H13BrN2OS/c18-13-3-1-11(2-4-13)12-7-14(9-15(21)8-12)20-16-5-6-22-17(16)10-19/h1-6,9,12,20H,7-8H2. The van der Waals surface area contributed by atoms with Crippen LogP contribution in [0.15, 0.2) is 52.0 Å². The monoisotopic (exact) mass is 372 g/mol. The molecule has 0 radical (unpaired) electrons. The number of hydrogen-bond donors (Lipinski definition) is 1. The molecule has 1 heterocycles. The second kappa shape index (κ2) is 6.47. The summed E-state index contributed by atoms with van der Waals surface area (Å²) in [6, 6.07) is 12.1. The molecule has 22 heavy (non-hydrogen) atoms. The lowest BCUT2D eigenvalue weighted by atomic mass is 9.85. The minimum absolute atomic E-state index is 0.121. The Kier molecular flexibility index (Phi) is 4.41. The van der Waals surface area contributed by atoms with Crippen molar-refractivity contribution in [1.82, 2.24) is 0 Å². The first kappa shape index (κ1) is 15.0. The highest BCUT2D eigenvalue weighted by molar-refractivity contribution is 9.10. The number of rotatable bonds is 3.